The van der Waals surface area contributed by atoms with Gasteiger partial charge in [0, 0.05) is 11.6 Å². The van der Waals surface area contributed by atoms with Gasteiger partial charge in [-0.1, -0.05) is 6.07 Å². The fraction of sp³-hybridized carbons (Fsp3) is 0.273. The highest BCUT2D eigenvalue weighted by Crippen LogP contribution is 2.29. The first kappa shape index (κ1) is 19.9. The predicted octanol–water partition coefficient (Wildman–Crippen LogP) is 4.36. The van der Waals surface area contributed by atoms with Crippen LogP contribution in [0.15, 0.2) is 42.1 Å². The van der Waals surface area contributed by atoms with E-state index in [0.717, 1.165) is 22.6 Å². The maximum Gasteiger partial charge on any atom is 0.281 e. The number of ether oxygens (including phenoxy) is 2. The Morgan fingerprint density at radius 1 is 1.04 bits per heavy atom. The van der Waals surface area contributed by atoms with Gasteiger partial charge >= 0.3 is 0 Å². The summed E-state index contributed by atoms with van der Waals surface area (Å²) in [6.07, 6.45) is 1.76. The molecule has 0 unspecified atom stereocenters. The molecule has 28 heavy (non-hydrogen) atoms. The largest absolute Gasteiger partial charge is 0.494 e. The van der Waals surface area contributed by atoms with Crippen LogP contribution in [0.25, 0.3) is 6.08 Å². The average molecular weight is 397 g/mol. The Morgan fingerprint density at radius 2 is 1.79 bits per heavy atom. The molecule has 2 aromatic rings. The number of carbonyl (C=O) groups is 1. The molecule has 0 aliphatic carbocycles. The van der Waals surface area contributed by atoms with E-state index in [0.29, 0.717) is 29.8 Å². The minimum atomic E-state index is -0.190. The van der Waals surface area contributed by atoms with E-state index >= 15 is 0 Å². The molecule has 1 fully saturated rings. The lowest BCUT2D eigenvalue weighted by atomic mass is 10.1. The Kier molecular flexibility index (Phi) is 5.99. The maximum atomic E-state index is 13.0. The predicted molar refractivity (Wildman–Crippen MR) is 116 cm³/mol. The van der Waals surface area contributed by atoms with E-state index in [1.807, 2.05) is 64.1 Å². The molecule has 1 aliphatic heterocycles. The van der Waals surface area contributed by atoms with Gasteiger partial charge in [0.15, 0.2) is 5.11 Å². The van der Waals surface area contributed by atoms with Gasteiger partial charge in [-0.3, -0.25) is 9.69 Å². The molecule has 1 amide bonds. The van der Waals surface area contributed by atoms with Crippen LogP contribution < -0.4 is 19.7 Å². The number of nitrogens with zero attached hydrogens (tertiary/aromatic N) is 1. The van der Waals surface area contributed by atoms with E-state index in [4.69, 9.17) is 21.7 Å². The van der Waals surface area contributed by atoms with E-state index < -0.39 is 0 Å². The molecule has 1 saturated heterocycles. The molecule has 0 atom stereocenters. The number of benzene rings is 2. The molecule has 146 valence electrons. The number of aryl methyl sites for hydroxylation is 2. The zero-order valence-electron chi connectivity index (χ0n) is 16.5. The van der Waals surface area contributed by atoms with Crippen LogP contribution in [0.2, 0.25) is 0 Å². The topological polar surface area (TPSA) is 50.8 Å². The third-order valence-electron chi connectivity index (χ3n) is 4.52. The van der Waals surface area contributed by atoms with Crippen LogP contribution in [-0.4, -0.2) is 24.2 Å². The molecule has 6 heteroatoms. The molecule has 0 saturated carbocycles. The van der Waals surface area contributed by atoms with Crippen LogP contribution in [-0.2, 0) is 4.79 Å². The number of anilines is 1. The van der Waals surface area contributed by atoms with Gasteiger partial charge < -0.3 is 14.8 Å². The summed E-state index contributed by atoms with van der Waals surface area (Å²) < 4.78 is 11.3. The van der Waals surface area contributed by atoms with Crippen molar-refractivity contribution in [3.63, 3.8) is 0 Å². The third-order valence-corrected chi connectivity index (χ3v) is 4.81. The summed E-state index contributed by atoms with van der Waals surface area (Å²) in [4.78, 5) is 14.5. The fourth-order valence-corrected chi connectivity index (χ4v) is 3.26. The summed E-state index contributed by atoms with van der Waals surface area (Å²) in [5.41, 5.74) is 4.22. The van der Waals surface area contributed by atoms with Crippen LogP contribution >= 0.6 is 12.2 Å². The summed E-state index contributed by atoms with van der Waals surface area (Å²) in [6, 6.07) is 11.4. The van der Waals surface area contributed by atoms with Crippen LogP contribution in [0.5, 0.6) is 11.5 Å². The highest BCUT2D eigenvalue weighted by molar-refractivity contribution is 7.80. The molecule has 3 rings (SSSR count). The van der Waals surface area contributed by atoms with Crippen molar-refractivity contribution in [1.29, 1.82) is 0 Å². The molecule has 5 nitrogen and oxygen atoms in total. The van der Waals surface area contributed by atoms with Gasteiger partial charge in [0.25, 0.3) is 5.91 Å². The smallest absolute Gasteiger partial charge is 0.281 e. The first-order valence-electron chi connectivity index (χ1n) is 9.28. The van der Waals surface area contributed by atoms with E-state index in [1.165, 1.54) is 10.5 Å². The standard InChI is InChI=1S/C22H24N2O3S/c1-5-26-18-10-8-16(20(13-18)27-6-2)12-19-21(25)24(22(28)23-19)17-9-7-14(3)15(4)11-17/h7-13H,5-6H2,1-4H3,(H,23,28)/b19-12-. The van der Waals surface area contributed by atoms with Crippen LogP contribution in [0.1, 0.15) is 30.5 Å². The van der Waals surface area contributed by atoms with Crippen molar-refractivity contribution >= 4 is 35.0 Å². The van der Waals surface area contributed by atoms with Crippen molar-refractivity contribution in [2.75, 3.05) is 18.1 Å². The lowest BCUT2D eigenvalue weighted by molar-refractivity contribution is -0.113. The molecule has 1 heterocycles. The second-order valence-electron chi connectivity index (χ2n) is 6.46. The van der Waals surface area contributed by atoms with Crippen molar-refractivity contribution in [1.82, 2.24) is 5.32 Å². The number of hydrogen-bond donors (Lipinski definition) is 1. The Balaban J connectivity index is 1.94. The molecule has 0 bridgehead atoms. The van der Waals surface area contributed by atoms with Crippen molar-refractivity contribution in [3.05, 3.63) is 58.8 Å². The molecule has 1 aliphatic rings. The summed E-state index contributed by atoms with van der Waals surface area (Å²) >= 11 is 5.41. The van der Waals surface area contributed by atoms with E-state index in [2.05, 4.69) is 5.32 Å². The van der Waals surface area contributed by atoms with Gasteiger partial charge in [-0.2, -0.15) is 0 Å². The Hall–Kier alpha value is -2.86. The average Bonchev–Trinajstić information content (AvgIpc) is 2.93. The molecular formula is C22H24N2O3S. The highest BCUT2D eigenvalue weighted by Gasteiger charge is 2.32. The van der Waals surface area contributed by atoms with Crippen LogP contribution in [0.4, 0.5) is 5.69 Å². The van der Waals surface area contributed by atoms with Crippen LogP contribution in [0.3, 0.4) is 0 Å². The number of nitrogens with one attached hydrogen (secondary N) is 1. The normalized spacial score (nSPS) is 15.1. The van der Waals surface area contributed by atoms with Crippen molar-refractivity contribution < 1.29 is 14.3 Å². The first-order valence-corrected chi connectivity index (χ1v) is 9.69. The molecular weight excluding hydrogens is 372 g/mol. The van der Waals surface area contributed by atoms with Crippen molar-refractivity contribution in [2.24, 2.45) is 0 Å². The Morgan fingerprint density at radius 3 is 2.46 bits per heavy atom. The quantitative estimate of drug-likeness (QED) is 0.581. The molecule has 0 radical (unpaired) electrons. The number of thiocarbonyl (C=S) groups is 1. The molecule has 2 aromatic carbocycles. The van der Waals surface area contributed by atoms with Crippen LogP contribution in [0, 0.1) is 13.8 Å². The lowest BCUT2D eigenvalue weighted by Gasteiger charge is -2.15. The number of carbonyl (C=O) groups excluding carboxylic acids is 1. The maximum absolute atomic E-state index is 13.0. The fourth-order valence-electron chi connectivity index (χ4n) is 2.96. The Labute approximate surface area is 170 Å². The van der Waals surface area contributed by atoms with E-state index in [1.54, 1.807) is 6.08 Å². The van der Waals surface area contributed by atoms with E-state index in [9.17, 15) is 4.79 Å². The highest BCUT2D eigenvalue weighted by atomic mass is 32.1. The van der Waals surface area contributed by atoms with Gasteiger partial charge in [-0.05, 0) is 81.4 Å². The minimum absolute atomic E-state index is 0.190. The summed E-state index contributed by atoms with van der Waals surface area (Å²) in [5, 5.41) is 3.39. The molecule has 0 aromatic heterocycles. The van der Waals surface area contributed by atoms with Crippen molar-refractivity contribution in [3.8, 4) is 11.5 Å². The number of hydrogen-bond acceptors (Lipinski definition) is 4. The third kappa shape index (κ3) is 4.02. The lowest BCUT2D eigenvalue weighted by Crippen LogP contribution is -2.30. The minimum Gasteiger partial charge on any atom is -0.494 e. The summed E-state index contributed by atoms with van der Waals surface area (Å²) in [7, 11) is 0. The SMILES string of the molecule is CCOc1ccc(/C=C2\NC(=S)N(c3ccc(C)c(C)c3)C2=O)c(OCC)c1. The zero-order chi connectivity index (χ0) is 20.3. The number of amides is 1. The molecule has 0 spiro atoms. The second-order valence-corrected chi connectivity index (χ2v) is 6.85. The summed E-state index contributed by atoms with van der Waals surface area (Å²) in [5.74, 6) is 1.20. The second kappa shape index (κ2) is 8.44. The van der Waals surface area contributed by atoms with Gasteiger partial charge in [0.1, 0.15) is 17.2 Å². The number of rotatable bonds is 6. The van der Waals surface area contributed by atoms with Gasteiger partial charge in [-0.15, -0.1) is 0 Å². The molecule has 1 N–H and O–H groups in total. The Bertz CT molecular complexity index is 953. The monoisotopic (exact) mass is 396 g/mol. The first-order chi connectivity index (χ1) is 13.4. The summed E-state index contributed by atoms with van der Waals surface area (Å²) in [6.45, 7) is 8.99. The van der Waals surface area contributed by atoms with Crippen molar-refractivity contribution in [2.45, 2.75) is 27.7 Å². The van der Waals surface area contributed by atoms with Gasteiger partial charge in [0.2, 0.25) is 0 Å². The van der Waals surface area contributed by atoms with Gasteiger partial charge in [-0.25, -0.2) is 0 Å². The zero-order valence-corrected chi connectivity index (χ0v) is 17.4. The van der Waals surface area contributed by atoms with Gasteiger partial charge in [0.05, 0.1) is 18.9 Å². The van der Waals surface area contributed by atoms with E-state index in [-0.39, 0.29) is 5.91 Å².